The third kappa shape index (κ3) is 5.11. The molecule has 1 unspecified atom stereocenters. The van der Waals surface area contributed by atoms with Gasteiger partial charge in [-0.3, -0.25) is 0 Å². The summed E-state index contributed by atoms with van der Waals surface area (Å²) in [5.41, 5.74) is 12.7. The molecule has 61 heavy (non-hydrogen) atoms. The first-order chi connectivity index (χ1) is 31.9. The van der Waals surface area contributed by atoms with Gasteiger partial charge in [-0.2, -0.15) is 4.57 Å². The highest BCUT2D eigenvalue weighted by Crippen LogP contribution is 2.55. The van der Waals surface area contributed by atoms with E-state index in [2.05, 4.69) is 156 Å². The maximum Gasteiger partial charge on any atom is 0.499 e. The smallest absolute Gasteiger partial charge is 0.392 e. The van der Waals surface area contributed by atoms with Crippen LogP contribution in [0.4, 0.5) is 0 Å². The van der Waals surface area contributed by atoms with Gasteiger partial charge in [-0.25, -0.2) is 0 Å². The number of hydrogen-bond acceptors (Lipinski definition) is 1. The topological polar surface area (TPSA) is 21.9 Å². The highest BCUT2D eigenvalue weighted by molar-refractivity contribution is 5.98. The summed E-state index contributed by atoms with van der Waals surface area (Å²) < 4.78 is 80.1. The Morgan fingerprint density at radius 1 is 0.623 bits per heavy atom. The monoisotopic (exact) mass is 804 g/mol. The van der Waals surface area contributed by atoms with Gasteiger partial charge >= 0.3 is 11.7 Å². The zero-order chi connectivity index (χ0) is 48.6. The number of rotatable bonds is 4. The summed E-state index contributed by atoms with van der Waals surface area (Å²) in [6.07, 6.45) is -0.284. The maximum absolute atomic E-state index is 10.3. The quantitative estimate of drug-likeness (QED) is 0.162. The van der Waals surface area contributed by atoms with Gasteiger partial charge < -0.3 is 4.74 Å². The van der Waals surface area contributed by atoms with Crippen molar-refractivity contribution < 1.29 is 23.5 Å². The van der Waals surface area contributed by atoms with E-state index in [0.29, 0.717) is 17.0 Å². The number of benzene rings is 6. The maximum atomic E-state index is 10.3. The highest BCUT2D eigenvalue weighted by atomic mass is 16.5. The lowest BCUT2D eigenvalue weighted by atomic mass is 9.65. The average molecular weight is 805 g/mol. The second-order valence-corrected chi connectivity index (χ2v) is 19.9. The summed E-state index contributed by atoms with van der Waals surface area (Å²) in [4.78, 5) is 0. The number of imidazole rings is 1. The molecule has 302 valence electrons. The molecule has 0 fully saturated rings. The minimum atomic E-state index is -1.67. The lowest BCUT2D eigenvalue weighted by molar-refractivity contribution is -0.997. The van der Waals surface area contributed by atoms with Gasteiger partial charge in [-0.1, -0.05) is 134 Å². The van der Waals surface area contributed by atoms with E-state index < -0.39 is 11.9 Å². The van der Waals surface area contributed by atoms with Crippen molar-refractivity contribution in [1.29, 1.82) is 0 Å². The van der Waals surface area contributed by atoms with E-state index in [0.717, 1.165) is 72.6 Å². The Morgan fingerprint density at radius 3 is 2.07 bits per heavy atom. The Morgan fingerprint density at radius 2 is 1.34 bits per heavy atom. The van der Waals surface area contributed by atoms with Crippen LogP contribution in [-0.2, 0) is 16.7 Å². The number of fused-ring (bicyclic) bond motifs is 5. The van der Waals surface area contributed by atoms with E-state index in [1.807, 2.05) is 13.0 Å². The van der Waals surface area contributed by atoms with Gasteiger partial charge in [0.1, 0.15) is 18.2 Å². The molecule has 1 spiro atoms. The fourth-order valence-electron chi connectivity index (χ4n) is 9.77. The molecule has 11 rings (SSSR count). The van der Waals surface area contributed by atoms with Crippen LogP contribution in [0.15, 0.2) is 133 Å². The first-order valence-corrected chi connectivity index (χ1v) is 21.4. The van der Waals surface area contributed by atoms with Crippen LogP contribution in [-0.4, -0.2) is 4.57 Å². The normalized spacial score (nSPS) is 17.6. The molecular weight excluding hydrogens is 743 g/mol. The van der Waals surface area contributed by atoms with E-state index in [1.165, 1.54) is 12.5 Å². The molecule has 0 radical (unpaired) electrons. The second kappa shape index (κ2) is 12.4. The van der Waals surface area contributed by atoms with Gasteiger partial charge in [0.2, 0.25) is 5.69 Å². The van der Waals surface area contributed by atoms with Crippen molar-refractivity contribution in [3.8, 4) is 67.5 Å². The van der Waals surface area contributed by atoms with Crippen molar-refractivity contribution in [2.45, 2.75) is 92.8 Å². The first-order valence-electron chi connectivity index (χ1n) is 24.9. The van der Waals surface area contributed by atoms with Gasteiger partial charge in [0.25, 0.3) is 0 Å². The highest BCUT2D eigenvalue weighted by Gasteiger charge is 2.69. The van der Waals surface area contributed by atoms with Crippen molar-refractivity contribution in [2.75, 3.05) is 0 Å². The van der Waals surface area contributed by atoms with Crippen LogP contribution in [0.3, 0.4) is 0 Å². The standard InChI is InChI=1S/C57H55N3O/c1-34-20-22-37(23-21-34)39-26-27-58-49(30-39)45-33-41(54(4,5)6)32-44-42-18-15-19-48-51(42)60-53(46-29-35(2)28-36(3)52(46)61-57(58,60)50(44)45)59(48)47-25-24-40(56(10,11)55(7,8)9)31-43(47)38-16-13-12-14-17-38/h12-33H,1-11H3/q+2/i20D,21D,22D,23D,26D,27D,30D. The number of ether oxygens (including phenoxy) is 1. The van der Waals surface area contributed by atoms with Gasteiger partial charge in [0, 0.05) is 28.8 Å². The molecule has 3 aliphatic rings. The summed E-state index contributed by atoms with van der Waals surface area (Å²) in [6, 6.07) is 30.6. The van der Waals surface area contributed by atoms with Crippen molar-refractivity contribution in [1.82, 2.24) is 4.57 Å². The minimum Gasteiger partial charge on any atom is -0.392 e. The predicted molar refractivity (Wildman–Crippen MR) is 249 cm³/mol. The third-order valence-electron chi connectivity index (χ3n) is 14.0. The van der Waals surface area contributed by atoms with Crippen LogP contribution in [0, 0.1) is 26.2 Å². The van der Waals surface area contributed by atoms with Crippen LogP contribution in [0.5, 0.6) is 5.75 Å². The molecular formula is C57H55N3O+2. The number of hydrogen-bond donors (Lipinski definition) is 0. The minimum absolute atomic E-state index is 0.0520. The Kier molecular flexibility index (Phi) is 6.25. The van der Waals surface area contributed by atoms with Gasteiger partial charge in [0.15, 0.2) is 23.0 Å². The molecule has 0 saturated carbocycles. The number of pyridine rings is 1. The lowest BCUT2D eigenvalue weighted by Gasteiger charge is -2.39. The molecule has 6 aromatic carbocycles. The lowest BCUT2D eigenvalue weighted by Crippen LogP contribution is -2.78. The fourth-order valence-corrected chi connectivity index (χ4v) is 9.77. The van der Waals surface area contributed by atoms with Crippen LogP contribution < -0.4 is 13.9 Å². The van der Waals surface area contributed by atoms with Crippen molar-refractivity contribution in [3.63, 3.8) is 0 Å². The number of nitrogens with zero attached hydrogens (tertiary/aromatic N) is 3. The predicted octanol–water partition coefficient (Wildman–Crippen LogP) is 13.3. The third-order valence-corrected chi connectivity index (χ3v) is 14.0. The summed E-state index contributed by atoms with van der Waals surface area (Å²) in [5, 5.41) is 0. The van der Waals surface area contributed by atoms with Crippen molar-refractivity contribution >= 4 is 11.0 Å². The van der Waals surface area contributed by atoms with Gasteiger partial charge in [-0.05, 0) is 118 Å². The second-order valence-electron chi connectivity index (χ2n) is 19.9. The average Bonchev–Trinajstić information content (AvgIpc) is 3.80. The first kappa shape index (κ1) is 30.7. The van der Waals surface area contributed by atoms with Gasteiger partial charge in [-0.15, -0.1) is 9.13 Å². The van der Waals surface area contributed by atoms with E-state index in [9.17, 15) is 4.11 Å². The number of aryl methyl sites for hydroxylation is 2. The summed E-state index contributed by atoms with van der Waals surface area (Å²) in [5.74, 6) is -0.232. The summed E-state index contributed by atoms with van der Waals surface area (Å²) in [6.45, 7) is 23.6. The molecule has 0 bridgehead atoms. The zero-order valence-electron chi connectivity index (χ0n) is 43.9. The summed E-state index contributed by atoms with van der Waals surface area (Å²) in [7, 11) is 0. The molecule has 2 aromatic heterocycles. The van der Waals surface area contributed by atoms with Gasteiger partial charge in [0.05, 0.1) is 13.8 Å². The molecule has 4 nitrogen and oxygen atoms in total. The number of aromatic nitrogens is 3. The Balaban J connectivity index is 1.36. The van der Waals surface area contributed by atoms with Crippen LogP contribution in [0.2, 0.25) is 0 Å². The zero-order valence-corrected chi connectivity index (χ0v) is 36.9. The van der Waals surface area contributed by atoms with E-state index in [1.54, 1.807) is 4.57 Å². The van der Waals surface area contributed by atoms with E-state index in [-0.39, 0.29) is 69.3 Å². The molecule has 0 aliphatic carbocycles. The summed E-state index contributed by atoms with van der Waals surface area (Å²) >= 11 is 0. The molecule has 5 heterocycles. The van der Waals surface area contributed by atoms with E-state index >= 15 is 0 Å². The number of para-hydroxylation sites is 1. The van der Waals surface area contributed by atoms with Crippen LogP contribution in [0.1, 0.15) is 98.4 Å². The molecule has 1 atom stereocenters. The molecule has 0 N–H and O–H groups in total. The van der Waals surface area contributed by atoms with Crippen LogP contribution >= 0.6 is 0 Å². The molecule has 8 aromatic rings. The van der Waals surface area contributed by atoms with Crippen molar-refractivity contribution in [3.05, 3.63) is 167 Å². The Bertz CT molecular complexity index is 3570. The van der Waals surface area contributed by atoms with E-state index in [4.69, 9.17) is 10.2 Å². The SMILES string of the molecule is [2H]c1c([2H])c(-c2c([2H])c([2H])[n+]3c(c2[2H])-c2cc(C(C)(C)C)cc4c2C32Oc3c(C)cc(C)cc3-c3n(-c5ccc(C(C)(C)C(C)(C)C)cc5-c5ccccc5)c5cccc-4c5[n+]32)c([2H])c([2H])c1C. The van der Waals surface area contributed by atoms with Crippen LogP contribution in [0.25, 0.3) is 72.7 Å². The Hall–Kier alpha value is -6.26. The fraction of sp³-hybridized carbons (Fsp3) is 0.263. The largest absolute Gasteiger partial charge is 0.499 e. The van der Waals surface area contributed by atoms with Crippen molar-refractivity contribution in [2.24, 2.45) is 5.41 Å². The molecule has 0 saturated heterocycles. The molecule has 0 amide bonds. The molecule has 3 aliphatic heterocycles. The Labute approximate surface area is 370 Å². The molecule has 4 heteroatoms.